The van der Waals surface area contributed by atoms with Crippen LogP contribution in [0.5, 0.6) is 0 Å². The van der Waals surface area contributed by atoms with Crippen LogP contribution in [-0.2, 0) is 9.53 Å². The number of hydrogen-bond acceptors (Lipinski definition) is 5. The van der Waals surface area contributed by atoms with E-state index in [2.05, 4.69) is 4.98 Å². The predicted molar refractivity (Wildman–Crippen MR) is 124 cm³/mol. The number of hydrogen-bond donors (Lipinski definition) is 0. The summed E-state index contributed by atoms with van der Waals surface area (Å²) in [5.41, 5.74) is 4.30. The van der Waals surface area contributed by atoms with Gasteiger partial charge in [-0.2, -0.15) is 0 Å². The fraction of sp³-hybridized carbons (Fsp3) is 0.240. The molecule has 1 atom stereocenters. The summed E-state index contributed by atoms with van der Waals surface area (Å²) < 4.78 is 18.9. The standard InChI is InChI=1S/C25H23FN2O3S/c1-15(2)31-25(30)20-8-9-21(16(3)23(20)17-10-12-27-13-11-17)28-22(29)14-32-24(28)18-4-6-19(26)7-5-18/h4-13,15,24H,14H2,1-3H3. The summed E-state index contributed by atoms with van der Waals surface area (Å²) in [6.45, 7) is 5.51. The van der Waals surface area contributed by atoms with E-state index in [1.54, 1.807) is 55.4 Å². The molecule has 1 aliphatic heterocycles. The molecule has 32 heavy (non-hydrogen) atoms. The van der Waals surface area contributed by atoms with Gasteiger partial charge >= 0.3 is 5.97 Å². The summed E-state index contributed by atoms with van der Waals surface area (Å²) in [7, 11) is 0. The minimum absolute atomic E-state index is 0.0365. The molecule has 0 bridgehead atoms. The molecule has 0 aliphatic carbocycles. The van der Waals surface area contributed by atoms with Crippen LogP contribution in [0.2, 0.25) is 0 Å². The Morgan fingerprint density at radius 2 is 1.81 bits per heavy atom. The first kappa shape index (κ1) is 22.0. The second kappa shape index (κ2) is 9.12. The molecule has 1 amide bonds. The molecule has 1 aliphatic rings. The Labute approximate surface area is 190 Å². The molecule has 1 saturated heterocycles. The van der Waals surface area contributed by atoms with Gasteiger partial charge in [-0.25, -0.2) is 9.18 Å². The van der Waals surface area contributed by atoms with Crippen molar-refractivity contribution in [3.05, 3.63) is 83.4 Å². The third kappa shape index (κ3) is 4.25. The lowest BCUT2D eigenvalue weighted by Gasteiger charge is -2.28. The van der Waals surface area contributed by atoms with E-state index in [9.17, 15) is 14.0 Å². The highest BCUT2D eigenvalue weighted by Gasteiger charge is 2.36. The second-order valence-electron chi connectivity index (χ2n) is 7.80. The summed E-state index contributed by atoms with van der Waals surface area (Å²) in [5.74, 6) is -0.452. The van der Waals surface area contributed by atoms with E-state index >= 15 is 0 Å². The fourth-order valence-corrected chi connectivity index (χ4v) is 5.03. The maximum absolute atomic E-state index is 13.4. The molecule has 2 heterocycles. The van der Waals surface area contributed by atoms with E-state index < -0.39 is 5.97 Å². The lowest BCUT2D eigenvalue weighted by molar-refractivity contribution is -0.115. The van der Waals surface area contributed by atoms with Crippen molar-refractivity contribution in [2.75, 3.05) is 10.7 Å². The molecule has 0 spiro atoms. The number of anilines is 1. The first-order valence-corrected chi connectivity index (χ1v) is 11.4. The van der Waals surface area contributed by atoms with Crippen molar-refractivity contribution in [2.45, 2.75) is 32.2 Å². The van der Waals surface area contributed by atoms with Crippen LogP contribution in [0.3, 0.4) is 0 Å². The maximum Gasteiger partial charge on any atom is 0.339 e. The topological polar surface area (TPSA) is 59.5 Å². The number of benzene rings is 2. The Hall–Kier alpha value is -3.19. The molecule has 4 rings (SSSR count). The Bertz CT molecular complexity index is 1150. The van der Waals surface area contributed by atoms with Crippen LogP contribution in [-0.4, -0.2) is 28.7 Å². The van der Waals surface area contributed by atoms with Gasteiger partial charge < -0.3 is 4.74 Å². The van der Waals surface area contributed by atoms with Gasteiger partial charge in [-0.1, -0.05) is 12.1 Å². The monoisotopic (exact) mass is 450 g/mol. The van der Waals surface area contributed by atoms with Crippen LogP contribution in [0.25, 0.3) is 11.1 Å². The molecule has 164 valence electrons. The van der Waals surface area contributed by atoms with E-state index in [1.165, 1.54) is 23.9 Å². The maximum atomic E-state index is 13.4. The van der Waals surface area contributed by atoms with Crippen molar-refractivity contribution in [1.82, 2.24) is 4.98 Å². The van der Waals surface area contributed by atoms with Crippen molar-refractivity contribution < 1.29 is 18.7 Å². The van der Waals surface area contributed by atoms with Crippen molar-refractivity contribution in [3.8, 4) is 11.1 Å². The average molecular weight is 451 g/mol. The van der Waals surface area contributed by atoms with Gasteiger partial charge in [0.2, 0.25) is 5.91 Å². The van der Waals surface area contributed by atoms with Gasteiger partial charge in [0, 0.05) is 23.6 Å². The summed E-state index contributed by atoms with van der Waals surface area (Å²) in [5, 5.41) is -0.277. The van der Waals surface area contributed by atoms with E-state index in [1.807, 2.05) is 19.1 Å². The summed E-state index contributed by atoms with van der Waals surface area (Å²) >= 11 is 1.49. The first-order chi connectivity index (χ1) is 15.4. The minimum atomic E-state index is -0.418. The van der Waals surface area contributed by atoms with Crippen LogP contribution < -0.4 is 4.90 Å². The quantitative estimate of drug-likeness (QED) is 0.478. The number of halogens is 1. The highest BCUT2D eigenvalue weighted by molar-refractivity contribution is 8.00. The van der Waals surface area contributed by atoms with Crippen LogP contribution in [0.15, 0.2) is 60.9 Å². The Kier molecular flexibility index (Phi) is 6.28. The highest BCUT2D eigenvalue weighted by atomic mass is 32.2. The van der Waals surface area contributed by atoms with Crippen LogP contribution in [0.1, 0.15) is 40.7 Å². The highest BCUT2D eigenvalue weighted by Crippen LogP contribution is 2.45. The number of rotatable bonds is 5. The molecule has 7 heteroatoms. The Balaban J connectivity index is 1.85. The number of thioether (sulfide) groups is 1. The normalized spacial score (nSPS) is 16.0. The molecule has 3 aromatic rings. The molecule has 0 N–H and O–H groups in total. The smallest absolute Gasteiger partial charge is 0.339 e. The number of amides is 1. The largest absolute Gasteiger partial charge is 0.459 e. The molecular weight excluding hydrogens is 427 g/mol. The van der Waals surface area contributed by atoms with E-state index in [0.29, 0.717) is 22.6 Å². The number of pyridine rings is 1. The average Bonchev–Trinajstić information content (AvgIpc) is 3.15. The third-order valence-corrected chi connectivity index (χ3v) is 6.46. The van der Waals surface area contributed by atoms with Gasteiger partial charge in [-0.15, -0.1) is 11.8 Å². The number of esters is 1. The van der Waals surface area contributed by atoms with Crippen LogP contribution >= 0.6 is 11.8 Å². The SMILES string of the molecule is Cc1c(N2C(=O)CSC2c2ccc(F)cc2)ccc(C(=O)OC(C)C)c1-c1ccncc1. The summed E-state index contributed by atoms with van der Waals surface area (Å²) in [6, 6.07) is 13.4. The van der Waals surface area contributed by atoms with Gasteiger partial charge in [-0.05, 0) is 73.9 Å². The van der Waals surface area contributed by atoms with Gasteiger partial charge in [-0.3, -0.25) is 14.7 Å². The molecule has 5 nitrogen and oxygen atoms in total. The van der Waals surface area contributed by atoms with Gasteiger partial charge in [0.05, 0.1) is 17.4 Å². The van der Waals surface area contributed by atoms with Crippen molar-refractivity contribution >= 4 is 29.3 Å². The number of nitrogens with zero attached hydrogens (tertiary/aromatic N) is 2. The predicted octanol–water partition coefficient (Wildman–Crippen LogP) is 5.54. The van der Waals surface area contributed by atoms with E-state index in [4.69, 9.17) is 4.74 Å². The van der Waals surface area contributed by atoms with Crippen molar-refractivity contribution in [2.24, 2.45) is 0 Å². The van der Waals surface area contributed by atoms with E-state index in [-0.39, 0.29) is 23.2 Å². The van der Waals surface area contributed by atoms with Gasteiger partial charge in [0.25, 0.3) is 0 Å². The number of carbonyl (C=O) groups is 2. The van der Waals surface area contributed by atoms with Gasteiger partial charge in [0.1, 0.15) is 11.2 Å². The molecule has 1 aromatic heterocycles. The van der Waals surface area contributed by atoms with Gasteiger partial charge in [0.15, 0.2) is 0 Å². The zero-order chi connectivity index (χ0) is 22.8. The molecule has 0 saturated carbocycles. The number of aromatic nitrogens is 1. The fourth-order valence-electron chi connectivity index (χ4n) is 3.86. The zero-order valence-corrected chi connectivity index (χ0v) is 18.9. The summed E-state index contributed by atoms with van der Waals surface area (Å²) in [6.07, 6.45) is 3.07. The van der Waals surface area contributed by atoms with Crippen LogP contribution in [0.4, 0.5) is 10.1 Å². The molecular formula is C25H23FN2O3S. The number of carbonyl (C=O) groups excluding carboxylic acids is 2. The number of ether oxygens (including phenoxy) is 1. The first-order valence-electron chi connectivity index (χ1n) is 10.3. The lowest BCUT2D eigenvalue weighted by atomic mass is 9.93. The lowest BCUT2D eigenvalue weighted by Crippen LogP contribution is -2.29. The Morgan fingerprint density at radius 1 is 1.12 bits per heavy atom. The van der Waals surface area contributed by atoms with Crippen molar-refractivity contribution in [3.63, 3.8) is 0 Å². The minimum Gasteiger partial charge on any atom is -0.459 e. The second-order valence-corrected chi connectivity index (χ2v) is 8.87. The third-order valence-electron chi connectivity index (χ3n) is 5.25. The van der Waals surface area contributed by atoms with Crippen LogP contribution in [0, 0.1) is 12.7 Å². The molecule has 0 radical (unpaired) electrons. The molecule has 2 aromatic carbocycles. The molecule has 1 fully saturated rings. The zero-order valence-electron chi connectivity index (χ0n) is 18.0. The van der Waals surface area contributed by atoms with E-state index in [0.717, 1.165) is 16.7 Å². The Morgan fingerprint density at radius 3 is 2.47 bits per heavy atom. The summed E-state index contributed by atoms with van der Waals surface area (Å²) in [4.78, 5) is 31.6. The van der Waals surface area contributed by atoms with Crippen molar-refractivity contribution in [1.29, 1.82) is 0 Å². The molecule has 1 unspecified atom stereocenters.